The number of nitrogens with two attached hydrogens (primary N) is 1. The summed E-state index contributed by atoms with van der Waals surface area (Å²) in [7, 11) is 0. The van der Waals surface area contributed by atoms with Crippen molar-refractivity contribution in [1.82, 2.24) is 0 Å². The lowest BCUT2D eigenvalue weighted by Gasteiger charge is -2.27. The van der Waals surface area contributed by atoms with E-state index in [1.165, 1.54) is 0 Å². The van der Waals surface area contributed by atoms with Crippen LogP contribution < -0.4 is 5.73 Å². The molecular formula is C9H17F2NS. The predicted octanol–water partition coefficient (Wildman–Crippen LogP) is 2.50. The van der Waals surface area contributed by atoms with Crippen molar-refractivity contribution in [2.45, 2.75) is 43.9 Å². The van der Waals surface area contributed by atoms with E-state index in [0.29, 0.717) is 12.3 Å². The van der Waals surface area contributed by atoms with Gasteiger partial charge in [-0.15, -0.1) is 0 Å². The van der Waals surface area contributed by atoms with Gasteiger partial charge in [0.25, 0.3) is 6.43 Å². The van der Waals surface area contributed by atoms with Gasteiger partial charge in [0, 0.05) is 4.75 Å². The maximum atomic E-state index is 12.2. The number of halogens is 2. The minimum Gasteiger partial charge on any atom is -0.323 e. The van der Waals surface area contributed by atoms with Crippen molar-refractivity contribution in [3.63, 3.8) is 0 Å². The first-order valence-corrected chi connectivity index (χ1v) is 5.59. The van der Waals surface area contributed by atoms with Crippen molar-refractivity contribution in [3.05, 3.63) is 0 Å². The molecule has 78 valence electrons. The van der Waals surface area contributed by atoms with Crippen molar-refractivity contribution >= 4 is 11.8 Å². The topological polar surface area (TPSA) is 26.0 Å². The summed E-state index contributed by atoms with van der Waals surface area (Å²) in [5, 5.41) is 0. The summed E-state index contributed by atoms with van der Waals surface area (Å²) >= 11 is 1.86. The van der Waals surface area contributed by atoms with Crippen molar-refractivity contribution in [2.24, 2.45) is 11.7 Å². The first kappa shape index (κ1) is 11.2. The fraction of sp³-hybridized carbons (Fsp3) is 1.00. The van der Waals surface area contributed by atoms with Crippen molar-refractivity contribution in [3.8, 4) is 0 Å². The normalized spacial score (nSPS) is 29.5. The largest absolute Gasteiger partial charge is 0.323 e. The zero-order valence-electron chi connectivity index (χ0n) is 8.09. The van der Waals surface area contributed by atoms with Crippen LogP contribution in [0.2, 0.25) is 0 Å². The lowest BCUT2D eigenvalue weighted by atomic mass is 9.87. The van der Waals surface area contributed by atoms with Crippen LogP contribution in [-0.2, 0) is 0 Å². The lowest BCUT2D eigenvalue weighted by Crippen LogP contribution is -2.35. The van der Waals surface area contributed by atoms with Gasteiger partial charge in [0.1, 0.15) is 0 Å². The van der Waals surface area contributed by atoms with Gasteiger partial charge in [0.05, 0.1) is 6.04 Å². The molecule has 2 unspecified atom stereocenters. The summed E-state index contributed by atoms with van der Waals surface area (Å²) in [4.78, 5) is 0. The zero-order chi connectivity index (χ0) is 10.1. The number of rotatable bonds is 3. The third-order valence-corrected chi connectivity index (χ3v) is 4.32. The van der Waals surface area contributed by atoms with E-state index in [1.54, 1.807) is 0 Å². The Balaban J connectivity index is 2.45. The summed E-state index contributed by atoms with van der Waals surface area (Å²) in [5.74, 6) is 1.43. The fourth-order valence-corrected chi connectivity index (χ4v) is 3.14. The van der Waals surface area contributed by atoms with Crippen LogP contribution in [0.5, 0.6) is 0 Å². The highest BCUT2D eigenvalue weighted by Gasteiger charge is 2.37. The highest BCUT2D eigenvalue weighted by atomic mass is 32.2. The van der Waals surface area contributed by atoms with Crippen LogP contribution in [0, 0.1) is 5.92 Å². The maximum absolute atomic E-state index is 12.2. The van der Waals surface area contributed by atoms with E-state index >= 15 is 0 Å². The molecule has 0 saturated carbocycles. The summed E-state index contributed by atoms with van der Waals surface area (Å²) in [6.45, 7) is 4.24. The van der Waals surface area contributed by atoms with Crippen LogP contribution in [0.3, 0.4) is 0 Å². The van der Waals surface area contributed by atoms with Crippen molar-refractivity contribution in [1.29, 1.82) is 0 Å². The molecule has 4 heteroatoms. The fourth-order valence-electron chi connectivity index (χ4n) is 1.76. The molecule has 13 heavy (non-hydrogen) atoms. The SMILES string of the molecule is CC1(C)SCCC1CC(N)C(F)F. The first-order valence-electron chi connectivity index (χ1n) is 4.61. The van der Waals surface area contributed by atoms with E-state index in [1.807, 2.05) is 11.8 Å². The molecule has 0 spiro atoms. The standard InChI is InChI=1S/C9H17F2NS/c1-9(2)6(3-4-13-9)5-7(12)8(10)11/h6-8H,3-5,12H2,1-2H3. The molecule has 0 aromatic rings. The van der Waals surface area contributed by atoms with E-state index in [0.717, 1.165) is 12.2 Å². The monoisotopic (exact) mass is 209 g/mol. The van der Waals surface area contributed by atoms with Crippen LogP contribution in [0.25, 0.3) is 0 Å². The number of hydrogen-bond acceptors (Lipinski definition) is 2. The second kappa shape index (κ2) is 4.13. The van der Waals surface area contributed by atoms with Gasteiger partial charge in [-0.1, -0.05) is 13.8 Å². The van der Waals surface area contributed by atoms with Crippen LogP contribution in [0.15, 0.2) is 0 Å². The Kier molecular flexibility index (Phi) is 3.57. The van der Waals surface area contributed by atoms with E-state index in [2.05, 4.69) is 13.8 Å². The van der Waals surface area contributed by atoms with Gasteiger partial charge in [-0.25, -0.2) is 8.78 Å². The highest BCUT2D eigenvalue weighted by molar-refractivity contribution is 8.00. The third kappa shape index (κ3) is 2.81. The van der Waals surface area contributed by atoms with Crippen LogP contribution in [0.4, 0.5) is 8.78 Å². The number of alkyl halides is 2. The second-order valence-corrected chi connectivity index (χ2v) is 5.92. The second-order valence-electron chi connectivity index (χ2n) is 4.17. The van der Waals surface area contributed by atoms with E-state index in [9.17, 15) is 8.78 Å². The quantitative estimate of drug-likeness (QED) is 0.773. The molecule has 2 N–H and O–H groups in total. The Morgan fingerprint density at radius 2 is 2.15 bits per heavy atom. The van der Waals surface area contributed by atoms with E-state index in [4.69, 9.17) is 5.73 Å². The molecule has 1 nitrogen and oxygen atoms in total. The minimum atomic E-state index is -2.37. The van der Waals surface area contributed by atoms with Crippen molar-refractivity contribution in [2.75, 3.05) is 5.75 Å². The molecule has 1 fully saturated rings. The molecule has 0 aromatic heterocycles. The van der Waals surface area contributed by atoms with Gasteiger partial charge in [-0.2, -0.15) is 11.8 Å². The molecule has 0 aliphatic carbocycles. The molecule has 1 rings (SSSR count). The minimum absolute atomic E-state index is 0.131. The Hall–Kier alpha value is 0.170. The molecule has 0 bridgehead atoms. The zero-order valence-corrected chi connectivity index (χ0v) is 8.91. The Bertz CT molecular complexity index is 173. The molecule has 1 heterocycles. The molecule has 1 saturated heterocycles. The van der Waals surface area contributed by atoms with Crippen LogP contribution >= 0.6 is 11.8 Å². The molecule has 1 aliphatic heterocycles. The number of thioether (sulfide) groups is 1. The van der Waals surface area contributed by atoms with Gasteiger partial charge >= 0.3 is 0 Å². The third-order valence-electron chi connectivity index (χ3n) is 2.80. The van der Waals surface area contributed by atoms with Gasteiger partial charge in [-0.05, 0) is 24.5 Å². The van der Waals surface area contributed by atoms with E-state index < -0.39 is 12.5 Å². The molecule has 1 aliphatic rings. The molecule has 0 radical (unpaired) electrons. The Morgan fingerprint density at radius 3 is 2.54 bits per heavy atom. The summed E-state index contributed by atoms with van der Waals surface area (Å²) in [6, 6.07) is -0.942. The Labute approximate surface area is 82.4 Å². The number of hydrogen-bond donors (Lipinski definition) is 1. The average Bonchev–Trinajstić information content (AvgIpc) is 2.30. The first-order chi connectivity index (χ1) is 5.93. The predicted molar refractivity (Wildman–Crippen MR) is 53.2 cm³/mol. The maximum Gasteiger partial charge on any atom is 0.253 e. The molecular weight excluding hydrogens is 192 g/mol. The summed E-state index contributed by atoms with van der Waals surface area (Å²) < 4.78 is 24.5. The van der Waals surface area contributed by atoms with Gasteiger partial charge in [0.2, 0.25) is 0 Å². The van der Waals surface area contributed by atoms with Gasteiger partial charge in [-0.3, -0.25) is 0 Å². The molecule has 2 atom stereocenters. The molecule has 0 amide bonds. The molecule has 0 aromatic carbocycles. The highest BCUT2D eigenvalue weighted by Crippen LogP contribution is 2.44. The summed E-state index contributed by atoms with van der Waals surface area (Å²) in [5.41, 5.74) is 5.36. The van der Waals surface area contributed by atoms with Crippen LogP contribution in [0.1, 0.15) is 26.7 Å². The van der Waals surface area contributed by atoms with Crippen molar-refractivity contribution < 1.29 is 8.78 Å². The van der Waals surface area contributed by atoms with Gasteiger partial charge < -0.3 is 5.73 Å². The Morgan fingerprint density at radius 1 is 1.54 bits per heavy atom. The lowest BCUT2D eigenvalue weighted by molar-refractivity contribution is 0.101. The van der Waals surface area contributed by atoms with Gasteiger partial charge in [0.15, 0.2) is 0 Å². The summed E-state index contributed by atoms with van der Waals surface area (Å²) in [6.07, 6.45) is -0.892. The smallest absolute Gasteiger partial charge is 0.253 e. The average molecular weight is 209 g/mol. The van der Waals surface area contributed by atoms with E-state index in [-0.39, 0.29) is 4.75 Å². The van der Waals surface area contributed by atoms with Crippen LogP contribution in [-0.4, -0.2) is 23.0 Å².